The summed E-state index contributed by atoms with van der Waals surface area (Å²) in [5, 5.41) is 2.52. The summed E-state index contributed by atoms with van der Waals surface area (Å²) in [5.41, 5.74) is 2.16. The minimum Gasteiger partial charge on any atom is -0.465 e. The van der Waals surface area contributed by atoms with E-state index in [-0.39, 0.29) is 25.6 Å². The van der Waals surface area contributed by atoms with Crippen molar-refractivity contribution in [3.05, 3.63) is 29.6 Å². The standard InChI is InChI=1S/C19H27N5O4/c1-6-24-15-9-8-13(18(26)22(3)4)10-14(15)21-16(24)12-23(5)19(27)20-11-17(25)28-7-2/h8-10H,6-7,11-12H2,1-5H3,(H,20,27). The molecule has 2 aromatic rings. The monoisotopic (exact) mass is 389 g/mol. The summed E-state index contributed by atoms with van der Waals surface area (Å²) in [4.78, 5) is 43.3. The molecule has 0 aliphatic carbocycles. The first-order valence-corrected chi connectivity index (χ1v) is 9.13. The highest BCUT2D eigenvalue weighted by atomic mass is 16.5. The maximum absolute atomic E-state index is 12.2. The lowest BCUT2D eigenvalue weighted by molar-refractivity contribution is -0.141. The molecule has 0 saturated carbocycles. The van der Waals surface area contributed by atoms with Gasteiger partial charge < -0.3 is 24.4 Å². The molecule has 1 heterocycles. The summed E-state index contributed by atoms with van der Waals surface area (Å²) in [6.07, 6.45) is 0. The Morgan fingerprint density at radius 1 is 1.18 bits per heavy atom. The quantitative estimate of drug-likeness (QED) is 0.723. The summed E-state index contributed by atoms with van der Waals surface area (Å²) in [7, 11) is 5.03. The van der Waals surface area contributed by atoms with Crippen molar-refractivity contribution in [3.8, 4) is 0 Å². The Kier molecular flexibility index (Phi) is 6.97. The van der Waals surface area contributed by atoms with Crippen LogP contribution in [0.1, 0.15) is 30.0 Å². The summed E-state index contributed by atoms with van der Waals surface area (Å²) >= 11 is 0. The van der Waals surface area contributed by atoms with E-state index in [1.165, 1.54) is 9.80 Å². The number of hydrogen-bond acceptors (Lipinski definition) is 5. The largest absolute Gasteiger partial charge is 0.465 e. The second kappa shape index (κ2) is 9.20. The molecule has 1 aromatic heterocycles. The number of benzene rings is 1. The third-order valence-electron chi connectivity index (χ3n) is 4.21. The van der Waals surface area contributed by atoms with Crippen LogP contribution in [0, 0.1) is 0 Å². The van der Waals surface area contributed by atoms with Gasteiger partial charge in [0.25, 0.3) is 5.91 Å². The van der Waals surface area contributed by atoms with Crippen molar-refractivity contribution in [2.75, 3.05) is 34.3 Å². The van der Waals surface area contributed by atoms with Crippen molar-refractivity contribution in [2.24, 2.45) is 0 Å². The fraction of sp³-hybridized carbons (Fsp3) is 0.474. The Labute approximate surface area is 164 Å². The number of rotatable bonds is 7. The Bertz CT molecular complexity index is 875. The fourth-order valence-corrected chi connectivity index (χ4v) is 2.82. The first kappa shape index (κ1) is 21.2. The molecule has 0 unspecified atom stereocenters. The normalized spacial score (nSPS) is 10.6. The van der Waals surface area contributed by atoms with E-state index in [4.69, 9.17) is 4.74 Å². The number of aromatic nitrogens is 2. The van der Waals surface area contributed by atoms with Gasteiger partial charge in [0.15, 0.2) is 0 Å². The average molecular weight is 389 g/mol. The Morgan fingerprint density at radius 2 is 1.89 bits per heavy atom. The van der Waals surface area contributed by atoms with Gasteiger partial charge in [0.05, 0.1) is 24.2 Å². The minimum atomic E-state index is -0.483. The van der Waals surface area contributed by atoms with E-state index in [9.17, 15) is 14.4 Å². The average Bonchev–Trinajstić information content (AvgIpc) is 3.01. The van der Waals surface area contributed by atoms with E-state index in [0.29, 0.717) is 23.4 Å². The van der Waals surface area contributed by atoms with Crippen LogP contribution in [0.4, 0.5) is 4.79 Å². The summed E-state index contributed by atoms with van der Waals surface area (Å²) in [6.45, 7) is 4.71. The molecule has 0 fully saturated rings. The Morgan fingerprint density at radius 3 is 2.50 bits per heavy atom. The lowest BCUT2D eigenvalue weighted by atomic mass is 10.2. The molecule has 28 heavy (non-hydrogen) atoms. The van der Waals surface area contributed by atoms with Gasteiger partial charge >= 0.3 is 12.0 Å². The number of imidazole rings is 1. The fourth-order valence-electron chi connectivity index (χ4n) is 2.82. The van der Waals surface area contributed by atoms with Crippen LogP contribution >= 0.6 is 0 Å². The molecule has 0 aliphatic heterocycles. The highest BCUT2D eigenvalue weighted by molar-refractivity contribution is 5.97. The highest BCUT2D eigenvalue weighted by Crippen LogP contribution is 2.19. The van der Waals surface area contributed by atoms with Gasteiger partial charge in [0.1, 0.15) is 12.4 Å². The van der Waals surface area contributed by atoms with Gasteiger partial charge in [0.2, 0.25) is 0 Å². The number of nitrogens with zero attached hydrogens (tertiary/aromatic N) is 4. The van der Waals surface area contributed by atoms with Crippen molar-refractivity contribution in [2.45, 2.75) is 26.9 Å². The zero-order chi connectivity index (χ0) is 20.8. The molecule has 3 amide bonds. The van der Waals surface area contributed by atoms with Crippen molar-refractivity contribution < 1.29 is 19.1 Å². The van der Waals surface area contributed by atoms with Gasteiger partial charge in [-0.1, -0.05) is 0 Å². The van der Waals surface area contributed by atoms with Crippen molar-refractivity contribution in [1.82, 2.24) is 24.7 Å². The third kappa shape index (κ3) is 4.79. The predicted octanol–water partition coefficient (Wildman–Crippen LogP) is 1.46. The van der Waals surface area contributed by atoms with Gasteiger partial charge in [-0.2, -0.15) is 0 Å². The smallest absolute Gasteiger partial charge is 0.325 e. The van der Waals surface area contributed by atoms with Crippen molar-refractivity contribution in [3.63, 3.8) is 0 Å². The molecule has 0 bridgehead atoms. The third-order valence-corrected chi connectivity index (χ3v) is 4.21. The Hall–Kier alpha value is -3.10. The van der Waals surface area contributed by atoms with Crippen LogP contribution in [0.2, 0.25) is 0 Å². The topological polar surface area (TPSA) is 96.8 Å². The SMILES string of the molecule is CCOC(=O)CNC(=O)N(C)Cc1nc2cc(C(=O)N(C)C)ccc2n1CC. The molecule has 2 rings (SSSR count). The predicted molar refractivity (Wildman–Crippen MR) is 105 cm³/mol. The minimum absolute atomic E-state index is 0.0926. The second-order valence-corrected chi connectivity index (χ2v) is 6.50. The molecule has 152 valence electrons. The van der Waals surface area contributed by atoms with Gasteiger partial charge in [-0.25, -0.2) is 9.78 Å². The number of hydrogen-bond donors (Lipinski definition) is 1. The number of carbonyl (C=O) groups excluding carboxylic acids is 3. The van der Waals surface area contributed by atoms with Crippen molar-refractivity contribution in [1.29, 1.82) is 0 Å². The molecule has 0 atom stereocenters. The van der Waals surface area contributed by atoms with Crippen LogP contribution in [0.25, 0.3) is 11.0 Å². The number of nitrogens with one attached hydrogen (secondary N) is 1. The van der Waals surface area contributed by atoms with Gasteiger partial charge in [-0.05, 0) is 32.0 Å². The highest BCUT2D eigenvalue weighted by Gasteiger charge is 2.17. The molecule has 0 spiro atoms. The number of amides is 3. The molecule has 1 aromatic carbocycles. The molecule has 1 N–H and O–H groups in total. The van der Waals surface area contributed by atoms with E-state index in [0.717, 1.165) is 5.52 Å². The number of urea groups is 1. The van der Waals surface area contributed by atoms with Crippen LogP contribution in [-0.4, -0.2) is 71.6 Å². The van der Waals surface area contributed by atoms with Gasteiger partial charge in [0, 0.05) is 33.3 Å². The lowest BCUT2D eigenvalue weighted by Crippen LogP contribution is -2.40. The van der Waals surface area contributed by atoms with Crippen LogP contribution in [0.5, 0.6) is 0 Å². The summed E-state index contributed by atoms with van der Waals surface area (Å²) < 4.78 is 6.79. The van der Waals surface area contributed by atoms with Gasteiger partial charge in [-0.15, -0.1) is 0 Å². The summed E-state index contributed by atoms with van der Waals surface area (Å²) in [6, 6.07) is 5.00. The lowest BCUT2D eigenvalue weighted by Gasteiger charge is -2.18. The number of carbonyl (C=O) groups is 3. The maximum Gasteiger partial charge on any atom is 0.325 e. The molecular weight excluding hydrogens is 362 g/mol. The number of aryl methyl sites for hydroxylation is 1. The van der Waals surface area contributed by atoms with E-state index < -0.39 is 12.0 Å². The molecule has 9 heteroatoms. The van der Waals surface area contributed by atoms with Crippen LogP contribution in [0.15, 0.2) is 18.2 Å². The number of ether oxygens (including phenoxy) is 1. The first-order chi connectivity index (χ1) is 13.3. The Balaban J connectivity index is 2.18. The van der Waals surface area contributed by atoms with Gasteiger partial charge in [-0.3, -0.25) is 9.59 Å². The zero-order valence-electron chi connectivity index (χ0n) is 17.0. The van der Waals surface area contributed by atoms with Crippen molar-refractivity contribution >= 4 is 28.9 Å². The summed E-state index contributed by atoms with van der Waals surface area (Å²) in [5.74, 6) is 0.119. The number of fused-ring (bicyclic) bond motifs is 1. The van der Waals surface area contributed by atoms with Crippen LogP contribution < -0.4 is 5.32 Å². The zero-order valence-corrected chi connectivity index (χ0v) is 17.0. The van der Waals surface area contributed by atoms with E-state index in [1.54, 1.807) is 40.2 Å². The first-order valence-electron chi connectivity index (χ1n) is 9.13. The van der Waals surface area contributed by atoms with E-state index in [1.807, 2.05) is 17.6 Å². The molecule has 0 radical (unpaired) electrons. The maximum atomic E-state index is 12.2. The molecule has 0 saturated heterocycles. The molecule has 0 aliphatic rings. The van der Waals surface area contributed by atoms with E-state index in [2.05, 4.69) is 10.3 Å². The number of esters is 1. The molecular formula is C19H27N5O4. The van der Waals surface area contributed by atoms with Crippen LogP contribution in [0.3, 0.4) is 0 Å². The molecule has 9 nitrogen and oxygen atoms in total. The second-order valence-electron chi connectivity index (χ2n) is 6.50. The van der Waals surface area contributed by atoms with Crippen LogP contribution in [-0.2, 0) is 22.6 Å². The van der Waals surface area contributed by atoms with E-state index >= 15 is 0 Å².